The second-order valence-electron chi connectivity index (χ2n) is 12.3. The molecule has 0 aromatic heterocycles. The average Bonchev–Trinajstić information content (AvgIpc) is 3.66. The molecule has 5 N–H and O–H groups in total. The van der Waals surface area contributed by atoms with Crippen LogP contribution >= 0.6 is 11.6 Å². The molecule has 7 unspecified atom stereocenters. The van der Waals surface area contributed by atoms with Crippen LogP contribution in [0.1, 0.15) is 121 Å². The number of carboxylic acid groups (broad SMARTS) is 1. The van der Waals surface area contributed by atoms with Crippen LogP contribution in [0.4, 0.5) is 0 Å². The van der Waals surface area contributed by atoms with E-state index in [0.29, 0.717) is 35.5 Å². The van der Waals surface area contributed by atoms with E-state index in [1.165, 1.54) is 24.8 Å². The van der Waals surface area contributed by atoms with Crippen LogP contribution in [0.15, 0.2) is 60.2 Å². The third kappa shape index (κ3) is 38.4. The number of aliphatic hydroxyl groups is 3. The van der Waals surface area contributed by atoms with Crippen LogP contribution in [0.25, 0.3) is 0 Å². The number of aliphatic hydroxyl groups excluding tert-OH is 2. The van der Waals surface area contributed by atoms with Gasteiger partial charge in [-0.2, -0.15) is 0 Å². The first kappa shape index (κ1) is 51.1. The Bertz CT molecular complexity index is 835. The van der Waals surface area contributed by atoms with Crippen molar-refractivity contribution in [1.29, 1.82) is 0 Å². The molecule has 7 nitrogen and oxygen atoms in total. The van der Waals surface area contributed by atoms with E-state index in [4.69, 9.17) is 26.6 Å². The highest BCUT2D eigenvalue weighted by molar-refractivity contribution is 6.28. The first-order valence-corrected chi connectivity index (χ1v) is 17.2. The number of halogens is 1. The molecule has 1 aliphatic rings. The summed E-state index contributed by atoms with van der Waals surface area (Å²) in [5, 5.41) is 39.6. The van der Waals surface area contributed by atoms with E-state index in [1.54, 1.807) is 13.0 Å². The second-order valence-corrected chi connectivity index (χ2v) is 12.9. The van der Waals surface area contributed by atoms with E-state index in [0.717, 1.165) is 32.9 Å². The number of nitrogens with one attached hydrogen (secondary N) is 1. The van der Waals surface area contributed by atoms with Crippen molar-refractivity contribution in [3.8, 4) is 0 Å². The lowest BCUT2D eigenvalue weighted by atomic mass is 9.95. The largest absolute Gasteiger partial charge is 0.481 e. The Morgan fingerprint density at radius 3 is 2.09 bits per heavy atom. The maximum atomic E-state index is 10.6. The summed E-state index contributed by atoms with van der Waals surface area (Å²) in [6, 6.07) is -0.00783. The predicted octanol–water partition coefficient (Wildman–Crippen LogP) is 8.99. The van der Waals surface area contributed by atoms with Crippen LogP contribution in [0.5, 0.6) is 0 Å². The zero-order valence-corrected chi connectivity index (χ0v) is 31.9. The smallest absolute Gasteiger partial charge is 0.305 e. The first-order chi connectivity index (χ1) is 21.5. The van der Waals surface area contributed by atoms with Gasteiger partial charge in [-0.3, -0.25) is 4.79 Å². The standard InChI is InChI=1S/C24H43NO4.C7H14O.C3H5Cl.C3H6.CH4O/c1-7-25-21(5)24(6,29)15-9-12-20(4)16-19(3)11-8-10-18(2)13-14-22(26)17-23(27)28;1-3-4-5-7-6(2)8-7;1-3(2)4;1-3-2;1-2/h8-9,11-12,15,18-19,21-22,25-26,29H,7,10,13-14,16-17H2,1-6H3,(H,27,28);6-7H,3-5H2,1-2H3;1H2,2H3;3H,1H2,2H3;2H,1H3/b11-8+,15-9+,20-12+;;;;. The molecule has 272 valence electrons. The van der Waals surface area contributed by atoms with Gasteiger partial charge < -0.3 is 30.5 Å². The van der Waals surface area contributed by atoms with Crippen molar-refractivity contribution in [3.63, 3.8) is 0 Å². The number of hydrogen-bond acceptors (Lipinski definition) is 6. The summed E-state index contributed by atoms with van der Waals surface area (Å²) < 4.78 is 5.22. The van der Waals surface area contributed by atoms with Crippen molar-refractivity contribution in [1.82, 2.24) is 5.32 Å². The van der Waals surface area contributed by atoms with Gasteiger partial charge in [0.1, 0.15) is 0 Å². The van der Waals surface area contributed by atoms with Gasteiger partial charge in [0.2, 0.25) is 0 Å². The number of carboxylic acids is 1. The lowest BCUT2D eigenvalue weighted by Gasteiger charge is -2.27. The number of ether oxygens (including phenoxy) is 1. The molecule has 7 atom stereocenters. The van der Waals surface area contributed by atoms with Gasteiger partial charge in [0.05, 0.1) is 30.3 Å². The van der Waals surface area contributed by atoms with Crippen LogP contribution < -0.4 is 5.32 Å². The molecule has 0 aromatic rings. The molecule has 0 aromatic carbocycles. The molecular formula is C38H72ClNO6. The number of likely N-dealkylation sites (N-methyl/N-ethyl adjacent to an activating group) is 1. The Labute approximate surface area is 288 Å². The summed E-state index contributed by atoms with van der Waals surface area (Å²) in [6.45, 7) is 27.7. The summed E-state index contributed by atoms with van der Waals surface area (Å²) in [5.74, 6) is -0.110. The topological polar surface area (TPSA) is 123 Å². The molecule has 0 bridgehead atoms. The van der Waals surface area contributed by atoms with Gasteiger partial charge in [-0.05, 0) is 92.0 Å². The fourth-order valence-electron chi connectivity index (χ4n) is 4.09. The van der Waals surface area contributed by atoms with Gasteiger partial charge in [-0.1, -0.05) is 101 Å². The minimum absolute atomic E-state index is 0.00783. The SMILES string of the molecule is C=C(C)Cl.C=CC.CCCCC1OC1C.CCNC(C)C(C)(O)/C=C/C=C(\C)CC(C)/C=C/CC(C)CCC(O)CC(=O)O.CO. The van der Waals surface area contributed by atoms with Gasteiger partial charge in [0, 0.05) is 18.2 Å². The van der Waals surface area contributed by atoms with Crippen molar-refractivity contribution < 1.29 is 30.0 Å². The highest BCUT2D eigenvalue weighted by atomic mass is 35.5. The molecule has 0 amide bonds. The molecule has 1 fully saturated rings. The maximum absolute atomic E-state index is 10.6. The molecule has 1 heterocycles. The first-order valence-electron chi connectivity index (χ1n) is 16.8. The van der Waals surface area contributed by atoms with Gasteiger partial charge in [-0.15, -0.1) is 6.58 Å². The lowest BCUT2D eigenvalue weighted by Crippen LogP contribution is -2.45. The van der Waals surface area contributed by atoms with Crippen LogP contribution in [-0.2, 0) is 9.53 Å². The number of allylic oxidation sites excluding steroid dienone is 7. The Balaban J connectivity index is -0.000000420. The fraction of sp³-hybridized carbons (Fsp3) is 0.711. The predicted molar refractivity (Wildman–Crippen MR) is 199 cm³/mol. The molecular weight excluding hydrogens is 602 g/mol. The summed E-state index contributed by atoms with van der Waals surface area (Å²) in [5.41, 5.74) is 0.377. The number of hydrogen-bond donors (Lipinski definition) is 5. The van der Waals surface area contributed by atoms with E-state index in [1.807, 2.05) is 39.8 Å². The molecule has 1 saturated heterocycles. The van der Waals surface area contributed by atoms with Crippen molar-refractivity contribution in [2.24, 2.45) is 11.8 Å². The number of epoxide rings is 1. The highest BCUT2D eigenvalue weighted by Crippen LogP contribution is 2.25. The average molecular weight is 674 g/mol. The second kappa shape index (κ2) is 33.2. The highest BCUT2D eigenvalue weighted by Gasteiger charge is 2.32. The van der Waals surface area contributed by atoms with Gasteiger partial charge in [0.15, 0.2) is 0 Å². The van der Waals surface area contributed by atoms with E-state index >= 15 is 0 Å². The summed E-state index contributed by atoms with van der Waals surface area (Å²) >= 11 is 5.08. The Morgan fingerprint density at radius 1 is 1.13 bits per heavy atom. The normalized spacial score (nSPS) is 19.2. The van der Waals surface area contributed by atoms with Crippen LogP contribution in [0, 0.1) is 11.8 Å². The molecule has 0 radical (unpaired) electrons. The molecule has 46 heavy (non-hydrogen) atoms. The van der Waals surface area contributed by atoms with E-state index in [2.05, 4.69) is 71.3 Å². The zero-order chi connectivity index (χ0) is 36.7. The molecule has 0 aliphatic carbocycles. The quantitative estimate of drug-likeness (QED) is 0.0559. The molecule has 8 heteroatoms. The van der Waals surface area contributed by atoms with Gasteiger partial charge >= 0.3 is 5.97 Å². The Hall–Kier alpha value is -1.74. The minimum atomic E-state index is -0.951. The van der Waals surface area contributed by atoms with Crippen LogP contribution in [0.2, 0.25) is 0 Å². The summed E-state index contributed by atoms with van der Waals surface area (Å²) in [4.78, 5) is 10.6. The van der Waals surface area contributed by atoms with E-state index < -0.39 is 17.7 Å². The monoisotopic (exact) mass is 674 g/mol. The number of aliphatic carboxylic acids is 1. The summed E-state index contributed by atoms with van der Waals surface area (Å²) in [6.07, 6.45) is 19.4. The maximum Gasteiger partial charge on any atom is 0.305 e. The molecule has 0 saturated carbocycles. The lowest BCUT2D eigenvalue weighted by molar-refractivity contribution is -0.139. The minimum Gasteiger partial charge on any atom is -0.481 e. The van der Waals surface area contributed by atoms with Gasteiger partial charge in [-0.25, -0.2) is 0 Å². The molecule has 1 rings (SSSR count). The van der Waals surface area contributed by atoms with E-state index in [-0.39, 0.29) is 12.5 Å². The third-order valence-electron chi connectivity index (χ3n) is 6.93. The van der Waals surface area contributed by atoms with Crippen molar-refractivity contribution in [2.75, 3.05) is 13.7 Å². The van der Waals surface area contributed by atoms with Crippen LogP contribution in [-0.4, -0.2) is 70.0 Å². The Morgan fingerprint density at radius 2 is 1.65 bits per heavy atom. The third-order valence-corrected chi connectivity index (χ3v) is 6.93. The van der Waals surface area contributed by atoms with Crippen molar-refractivity contribution >= 4 is 17.6 Å². The van der Waals surface area contributed by atoms with E-state index in [9.17, 15) is 15.0 Å². The van der Waals surface area contributed by atoms with Gasteiger partial charge in [0.25, 0.3) is 0 Å². The Kier molecular flexibility index (Phi) is 36.9. The zero-order valence-electron chi connectivity index (χ0n) is 31.2. The number of carbonyl (C=O) groups is 1. The summed E-state index contributed by atoms with van der Waals surface area (Å²) in [7, 11) is 1.00. The molecule has 1 aliphatic heterocycles. The van der Waals surface area contributed by atoms with Crippen molar-refractivity contribution in [2.45, 2.75) is 151 Å². The number of unbranched alkanes of at least 4 members (excludes halogenated alkanes) is 1. The van der Waals surface area contributed by atoms with Crippen molar-refractivity contribution in [3.05, 3.63) is 60.2 Å². The molecule has 0 spiro atoms. The van der Waals surface area contributed by atoms with Crippen LogP contribution in [0.3, 0.4) is 0 Å². The number of rotatable bonds is 18. The fourth-order valence-corrected chi connectivity index (χ4v) is 4.09.